The molecular weight excluding hydrogens is 480 g/mol. The zero-order valence-electron chi connectivity index (χ0n) is 22.6. The molecule has 0 spiro atoms. The molecule has 9 nitrogen and oxygen atoms in total. The quantitative estimate of drug-likeness (QED) is 0.412. The van der Waals surface area contributed by atoms with Crippen molar-refractivity contribution in [1.82, 2.24) is 14.7 Å². The predicted molar refractivity (Wildman–Crippen MR) is 148 cm³/mol. The predicted octanol–water partition coefficient (Wildman–Crippen LogP) is 3.55. The van der Waals surface area contributed by atoms with Gasteiger partial charge in [0.2, 0.25) is 5.96 Å². The van der Waals surface area contributed by atoms with Gasteiger partial charge in [0, 0.05) is 34.8 Å². The van der Waals surface area contributed by atoms with Crippen molar-refractivity contribution in [2.45, 2.75) is 39.2 Å². The number of carbonyl (C=O) groups is 1. The number of aromatic nitrogens is 2. The number of ether oxygens (including phenoxy) is 2. The summed E-state index contributed by atoms with van der Waals surface area (Å²) < 4.78 is 13.1. The van der Waals surface area contributed by atoms with E-state index in [0.717, 1.165) is 53.5 Å². The topological polar surface area (TPSA) is 107 Å². The van der Waals surface area contributed by atoms with Crippen molar-refractivity contribution in [2.24, 2.45) is 15.7 Å². The lowest BCUT2D eigenvalue weighted by Crippen LogP contribution is -2.41. The standard InChI is InChI=1S/C29H34N6O3/c1-6-38-26-14-21-22(15-25(26)37-5)27(31-24-11-12-34(4)16-23(21)24)19-7-9-20(10-8-19)28(36)32-29(30)35-18(3)13-17(2)33-35/h7-10,13-15,23-24H,6,11-12,16H2,1-5H3,(H2,30,32,36). The van der Waals surface area contributed by atoms with Crippen LogP contribution in [0.4, 0.5) is 0 Å². The van der Waals surface area contributed by atoms with E-state index in [1.165, 1.54) is 10.2 Å². The van der Waals surface area contributed by atoms with Crippen LogP contribution in [0.25, 0.3) is 0 Å². The average Bonchev–Trinajstić information content (AvgIpc) is 3.26. The number of likely N-dealkylation sites (N-methyl/N-ethyl adjacent to an activating group) is 1. The van der Waals surface area contributed by atoms with Crippen LogP contribution < -0.4 is 15.2 Å². The molecule has 1 amide bonds. The van der Waals surface area contributed by atoms with Crippen LogP contribution in [0.1, 0.15) is 57.7 Å². The summed E-state index contributed by atoms with van der Waals surface area (Å²) in [4.78, 5) is 24.5. The van der Waals surface area contributed by atoms with Gasteiger partial charge in [0.25, 0.3) is 5.91 Å². The van der Waals surface area contributed by atoms with Crippen molar-refractivity contribution in [3.63, 3.8) is 0 Å². The summed E-state index contributed by atoms with van der Waals surface area (Å²) in [6.07, 6.45) is 0.983. The normalized spacial score (nSPS) is 19.4. The molecule has 5 rings (SSSR count). The summed E-state index contributed by atoms with van der Waals surface area (Å²) >= 11 is 0. The monoisotopic (exact) mass is 514 g/mol. The maximum absolute atomic E-state index is 12.9. The fraction of sp³-hybridized carbons (Fsp3) is 0.379. The van der Waals surface area contributed by atoms with Gasteiger partial charge in [-0.25, -0.2) is 4.68 Å². The molecule has 2 unspecified atom stereocenters. The van der Waals surface area contributed by atoms with Crippen LogP contribution in [-0.4, -0.2) is 72.2 Å². The molecule has 198 valence electrons. The Bertz CT molecular complexity index is 1420. The van der Waals surface area contributed by atoms with Crippen molar-refractivity contribution in [2.75, 3.05) is 33.9 Å². The SMILES string of the molecule is CCOc1cc2c(cc1OC)C(c1ccc(C(=O)N=C(N)n3nc(C)cc3C)cc1)=NC1CCN(C)CC21. The van der Waals surface area contributed by atoms with E-state index < -0.39 is 5.91 Å². The van der Waals surface area contributed by atoms with Crippen molar-refractivity contribution < 1.29 is 14.3 Å². The Morgan fingerprint density at radius 1 is 1.16 bits per heavy atom. The fourth-order valence-corrected chi connectivity index (χ4v) is 5.39. The molecule has 2 atom stereocenters. The maximum Gasteiger partial charge on any atom is 0.280 e. The average molecular weight is 515 g/mol. The minimum absolute atomic E-state index is 0.0424. The molecule has 0 radical (unpaired) electrons. The van der Waals surface area contributed by atoms with Gasteiger partial charge in [0.1, 0.15) is 0 Å². The van der Waals surface area contributed by atoms with Crippen LogP contribution in [0.5, 0.6) is 11.5 Å². The molecule has 0 saturated carbocycles. The number of benzene rings is 2. The lowest BCUT2D eigenvalue weighted by molar-refractivity contribution is 0.100. The number of aliphatic imine (C=N–C) groups is 2. The van der Waals surface area contributed by atoms with E-state index in [4.69, 9.17) is 20.2 Å². The number of likely N-dealkylation sites (tertiary alicyclic amines) is 1. The van der Waals surface area contributed by atoms with E-state index in [2.05, 4.69) is 28.1 Å². The van der Waals surface area contributed by atoms with Crippen LogP contribution in [0.3, 0.4) is 0 Å². The molecule has 1 saturated heterocycles. The number of piperidine rings is 1. The van der Waals surface area contributed by atoms with Crippen molar-refractivity contribution in [1.29, 1.82) is 0 Å². The van der Waals surface area contributed by atoms with E-state index >= 15 is 0 Å². The smallest absolute Gasteiger partial charge is 0.280 e. The van der Waals surface area contributed by atoms with E-state index in [0.29, 0.717) is 17.9 Å². The number of hydrogen-bond acceptors (Lipinski definition) is 6. The number of aryl methyl sites for hydroxylation is 2. The molecule has 2 N–H and O–H groups in total. The summed E-state index contributed by atoms with van der Waals surface area (Å²) in [5, 5.41) is 4.29. The molecule has 1 fully saturated rings. The first-order valence-corrected chi connectivity index (χ1v) is 12.9. The highest BCUT2D eigenvalue weighted by molar-refractivity contribution is 6.15. The molecule has 1 aromatic heterocycles. The van der Waals surface area contributed by atoms with Gasteiger partial charge in [-0.3, -0.25) is 9.79 Å². The van der Waals surface area contributed by atoms with Crippen LogP contribution >= 0.6 is 0 Å². The molecule has 38 heavy (non-hydrogen) atoms. The van der Waals surface area contributed by atoms with Gasteiger partial charge in [0.15, 0.2) is 11.5 Å². The lowest BCUT2D eigenvalue weighted by atomic mass is 9.79. The third kappa shape index (κ3) is 4.81. The Labute approximate surface area is 223 Å². The highest BCUT2D eigenvalue weighted by atomic mass is 16.5. The molecule has 2 aliphatic heterocycles. The van der Waals surface area contributed by atoms with Gasteiger partial charge in [-0.05, 0) is 76.7 Å². The van der Waals surface area contributed by atoms with Gasteiger partial charge in [0.05, 0.1) is 31.2 Å². The Morgan fingerprint density at radius 2 is 1.92 bits per heavy atom. The summed E-state index contributed by atoms with van der Waals surface area (Å²) in [5.74, 6) is 1.33. The molecular formula is C29H34N6O3. The zero-order valence-corrected chi connectivity index (χ0v) is 22.6. The Hall–Kier alpha value is -3.98. The van der Waals surface area contributed by atoms with Gasteiger partial charge < -0.3 is 20.1 Å². The lowest BCUT2D eigenvalue weighted by Gasteiger charge is -2.39. The first-order valence-electron chi connectivity index (χ1n) is 12.9. The Kier molecular flexibility index (Phi) is 7.03. The van der Waals surface area contributed by atoms with Crippen molar-refractivity contribution in [3.05, 3.63) is 76.1 Å². The summed E-state index contributed by atoms with van der Waals surface area (Å²) in [6, 6.07) is 13.6. The number of fused-ring (bicyclic) bond motifs is 3. The molecule has 9 heteroatoms. The van der Waals surface area contributed by atoms with Crippen molar-refractivity contribution in [3.8, 4) is 11.5 Å². The molecule has 0 aliphatic carbocycles. The highest BCUT2D eigenvalue weighted by Gasteiger charge is 2.36. The third-order valence-corrected chi connectivity index (χ3v) is 7.21. The number of carbonyl (C=O) groups excluding carboxylic acids is 1. The molecule has 2 aromatic carbocycles. The van der Waals surface area contributed by atoms with Crippen LogP contribution in [-0.2, 0) is 0 Å². The summed E-state index contributed by atoms with van der Waals surface area (Å²) in [6.45, 7) is 8.21. The number of methoxy groups -OCH3 is 1. The number of nitrogens with zero attached hydrogens (tertiary/aromatic N) is 5. The van der Waals surface area contributed by atoms with Crippen LogP contribution in [0, 0.1) is 13.8 Å². The largest absolute Gasteiger partial charge is 0.493 e. The van der Waals surface area contributed by atoms with Crippen LogP contribution in [0.15, 0.2) is 52.4 Å². The third-order valence-electron chi connectivity index (χ3n) is 7.21. The van der Waals surface area contributed by atoms with E-state index in [1.54, 1.807) is 19.2 Å². The second kappa shape index (κ2) is 10.4. The first-order chi connectivity index (χ1) is 18.3. The Morgan fingerprint density at radius 3 is 2.58 bits per heavy atom. The fourth-order valence-electron chi connectivity index (χ4n) is 5.39. The van der Waals surface area contributed by atoms with E-state index in [1.807, 2.05) is 45.0 Å². The maximum atomic E-state index is 12.9. The van der Waals surface area contributed by atoms with E-state index in [-0.39, 0.29) is 17.9 Å². The van der Waals surface area contributed by atoms with Gasteiger partial charge in [-0.15, -0.1) is 0 Å². The molecule has 3 aromatic rings. The molecule has 2 aliphatic rings. The molecule has 3 heterocycles. The van der Waals surface area contributed by atoms with Crippen molar-refractivity contribution >= 4 is 17.6 Å². The summed E-state index contributed by atoms with van der Waals surface area (Å²) in [7, 11) is 3.81. The first kappa shape index (κ1) is 25.7. The Balaban J connectivity index is 1.49. The molecule has 0 bridgehead atoms. The van der Waals surface area contributed by atoms with E-state index in [9.17, 15) is 4.79 Å². The number of amides is 1. The van der Waals surface area contributed by atoms with Gasteiger partial charge >= 0.3 is 0 Å². The number of hydrogen-bond donors (Lipinski definition) is 1. The minimum atomic E-state index is -0.425. The highest BCUT2D eigenvalue weighted by Crippen LogP contribution is 2.42. The van der Waals surface area contributed by atoms with Crippen LogP contribution in [0.2, 0.25) is 0 Å². The zero-order chi connectivity index (χ0) is 27.0. The van der Waals surface area contributed by atoms with Gasteiger partial charge in [-0.2, -0.15) is 10.1 Å². The number of rotatable bonds is 5. The minimum Gasteiger partial charge on any atom is -0.493 e. The second-order valence-corrected chi connectivity index (χ2v) is 9.92. The van der Waals surface area contributed by atoms with Gasteiger partial charge in [-0.1, -0.05) is 12.1 Å². The second-order valence-electron chi connectivity index (χ2n) is 9.92. The number of nitrogens with two attached hydrogens (primary N) is 1. The summed E-state index contributed by atoms with van der Waals surface area (Å²) in [5.41, 5.74) is 12.2.